The lowest BCUT2D eigenvalue weighted by Crippen LogP contribution is -2.34. The molecule has 3 unspecified atom stereocenters. The molecule has 174 valence electrons. The van der Waals surface area contributed by atoms with Crippen molar-refractivity contribution in [3.05, 3.63) is 35.5 Å². The number of nitrogens with zero attached hydrogens (tertiary/aromatic N) is 3. The molecule has 2 aromatic heterocycles. The van der Waals surface area contributed by atoms with Crippen LogP contribution in [0.15, 0.2) is 18.5 Å². The van der Waals surface area contributed by atoms with Gasteiger partial charge in [-0.05, 0) is 38.0 Å². The summed E-state index contributed by atoms with van der Waals surface area (Å²) in [4.78, 5) is 30.0. The zero-order valence-electron chi connectivity index (χ0n) is 17.4. The highest BCUT2D eigenvalue weighted by Crippen LogP contribution is 2.40. The number of hydrogen-bond acceptors (Lipinski definition) is 5. The van der Waals surface area contributed by atoms with Crippen molar-refractivity contribution in [1.29, 1.82) is 0 Å². The quantitative estimate of drug-likeness (QED) is 0.481. The van der Waals surface area contributed by atoms with Gasteiger partial charge in [-0.2, -0.15) is 18.3 Å². The molecular weight excluding hydrogens is 429 g/mol. The van der Waals surface area contributed by atoms with Crippen LogP contribution in [-0.2, 0) is 17.4 Å². The van der Waals surface area contributed by atoms with Crippen LogP contribution in [0.2, 0.25) is 0 Å². The highest BCUT2D eigenvalue weighted by molar-refractivity contribution is 5.91. The Balaban J connectivity index is 1.50. The second-order valence-electron chi connectivity index (χ2n) is 7.99. The molecule has 32 heavy (non-hydrogen) atoms. The van der Waals surface area contributed by atoms with E-state index < -0.39 is 23.9 Å². The Morgan fingerprint density at radius 1 is 1.28 bits per heavy atom. The van der Waals surface area contributed by atoms with Gasteiger partial charge in [-0.3, -0.25) is 14.9 Å². The molecule has 0 bridgehead atoms. The molecular formula is C20H25F3N6O3. The molecule has 0 aliphatic heterocycles. The number of carbonyl (C=O) groups excluding carboxylic acids is 1. The van der Waals surface area contributed by atoms with Gasteiger partial charge in [-0.15, -0.1) is 0 Å². The number of aromatic amines is 1. The van der Waals surface area contributed by atoms with Crippen molar-refractivity contribution in [2.75, 3.05) is 5.32 Å². The molecule has 4 N–H and O–H groups in total. The van der Waals surface area contributed by atoms with Gasteiger partial charge in [0, 0.05) is 29.9 Å². The molecule has 1 aliphatic carbocycles. The number of anilines is 1. The van der Waals surface area contributed by atoms with Gasteiger partial charge < -0.3 is 15.7 Å². The van der Waals surface area contributed by atoms with E-state index in [0.29, 0.717) is 17.9 Å². The molecule has 1 aliphatic rings. The summed E-state index contributed by atoms with van der Waals surface area (Å²) in [6, 6.07) is 1.68. The summed E-state index contributed by atoms with van der Waals surface area (Å²) in [6.45, 7) is 1.95. The summed E-state index contributed by atoms with van der Waals surface area (Å²) >= 11 is 0. The summed E-state index contributed by atoms with van der Waals surface area (Å²) in [6.07, 6.45) is 0.0387. The van der Waals surface area contributed by atoms with Gasteiger partial charge in [0.05, 0.1) is 18.3 Å². The van der Waals surface area contributed by atoms with Crippen LogP contribution in [0.25, 0.3) is 0 Å². The first kappa shape index (κ1) is 23.5. The van der Waals surface area contributed by atoms with Crippen molar-refractivity contribution in [2.45, 2.75) is 63.6 Å². The average Bonchev–Trinajstić information content (AvgIpc) is 3.36. The minimum absolute atomic E-state index is 0.0684. The van der Waals surface area contributed by atoms with E-state index in [-0.39, 0.29) is 24.1 Å². The number of rotatable bonds is 8. The topological polar surface area (TPSA) is 133 Å². The number of halogens is 3. The highest BCUT2D eigenvalue weighted by Gasteiger charge is 2.33. The van der Waals surface area contributed by atoms with Gasteiger partial charge in [-0.1, -0.05) is 6.92 Å². The number of nitrogens with one attached hydrogen (secondary N) is 3. The predicted molar refractivity (Wildman–Crippen MR) is 108 cm³/mol. The summed E-state index contributed by atoms with van der Waals surface area (Å²) in [5, 5.41) is 21.1. The molecule has 3 rings (SSSR count). The van der Waals surface area contributed by atoms with Gasteiger partial charge >= 0.3 is 12.3 Å². The second-order valence-corrected chi connectivity index (χ2v) is 7.99. The normalized spacial score (nSPS) is 19.5. The number of hydrogen-bond donors (Lipinski definition) is 4. The molecule has 2 amide bonds. The van der Waals surface area contributed by atoms with E-state index in [1.807, 2.05) is 6.92 Å². The number of carbonyl (C=O) groups is 2. The van der Waals surface area contributed by atoms with Crippen molar-refractivity contribution < 1.29 is 27.9 Å². The minimum atomic E-state index is -4.58. The number of amides is 2. The maximum atomic E-state index is 12.5. The molecule has 0 aromatic carbocycles. The number of alkyl halides is 3. The van der Waals surface area contributed by atoms with E-state index >= 15 is 0 Å². The van der Waals surface area contributed by atoms with Crippen LogP contribution in [0.4, 0.5) is 23.8 Å². The second kappa shape index (κ2) is 9.96. The highest BCUT2D eigenvalue weighted by atomic mass is 19.4. The fourth-order valence-electron chi connectivity index (χ4n) is 4.03. The third-order valence-corrected chi connectivity index (χ3v) is 5.62. The number of aromatic nitrogens is 4. The molecule has 3 atom stereocenters. The van der Waals surface area contributed by atoms with E-state index in [1.165, 1.54) is 0 Å². The third-order valence-electron chi connectivity index (χ3n) is 5.62. The van der Waals surface area contributed by atoms with Crippen LogP contribution in [0.3, 0.4) is 0 Å². The van der Waals surface area contributed by atoms with Crippen molar-refractivity contribution in [1.82, 2.24) is 25.5 Å². The van der Waals surface area contributed by atoms with E-state index in [9.17, 15) is 22.8 Å². The summed E-state index contributed by atoms with van der Waals surface area (Å²) in [5.41, 5.74) is -0.112. The lowest BCUT2D eigenvalue weighted by atomic mass is 9.95. The monoisotopic (exact) mass is 454 g/mol. The van der Waals surface area contributed by atoms with E-state index in [1.54, 1.807) is 6.07 Å². The SMILES string of the molecule is CCC(CC1CCC(c2cc(NC(=O)Cc3cnc(C(F)(F)F)cn3)n[nH]2)C1)NC(=O)O. The van der Waals surface area contributed by atoms with Gasteiger partial charge in [0.25, 0.3) is 0 Å². The number of H-pyrrole nitrogens is 1. The van der Waals surface area contributed by atoms with Crippen LogP contribution in [0, 0.1) is 5.92 Å². The molecule has 0 spiro atoms. The molecule has 9 nitrogen and oxygen atoms in total. The zero-order chi connectivity index (χ0) is 23.3. The molecule has 2 heterocycles. The summed E-state index contributed by atoms with van der Waals surface area (Å²) in [7, 11) is 0. The molecule has 1 saturated carbocycles. The Morgan fingerprint density at radius 3 is 2.69 bits per heavy atom. The van der Waals surface area contributed by atoms with Crippen molar-refractivity contribution in [3.8, 4) is 0 Å². The Hall–Kier alpha value is -3.18. The lowest BCUT2D eigenvalue weighted by molar-refractivity contribution is -0.141. The van der Waals surface area contributed by atoms with Crippen LogP contribution >= 0.6 is 0 Å². The first-order valence-electron chi connectivity index (χ1n) is 10.4. The van der Waals surface area contributed by atoms with Gasteiger partial charge in [0.2, 0.25) is 5.91 Å². The van der Waals surface area contributed by atoms with Gasteiger partial charge in [0.1, 0.15) is 0 Å². The van der Waals surface area contributed by atoms with Crippen molar-refractivity contribution in [2.24, 2.45) is 5.92 Å². The third kappa shape index (κ3) is 6.41. The van der Waals surface area contributed by atoms with E-state index in [2.05, 4.69) is 30.8 Å². The van der Waals surface area contributed by atoms with E-state index in [4.69, 9.17) is 5.11 Å². The van der Waals surface area contributed by atoms with Crippen molar-refractivity contribution >= 4 is 17.8 Å². The Kier molecular flexibility index (Phi) is 7.31. The van der Waals surface area contributed by atoms with E-state index in [0.717, 1.165) is 44.0 Å². The Labute approximate surface area is 182 Å². The summed E-state index contributed by atoms with van der Waals surface area (Å²) < 4.78 is 37.6. The van der Waals surface area contributed by atoms with Crippen molar-refractivity contribution in [3.63, 3.8) is 0 Å². The van der Waals surface area contributed by atoms with Crippen LogP contribution in [0.5, 0.6) is 0 Å². The largest absolute Gasteiger partial charge is 0.465 e. The molecule has 2 aromatic rings. The summed E-state index contributed by atoms with van der Waals surface area (Å²) in [5.74, 6) is 0.497. The lowest BCUT2D eigenvalue weighted by Gasteiger charge is -2.19. The van der Waals surface area contributed by atoms with Gasteiger partial charge in [-0.25, -0.2) is 9.78 Å². The average molecular weight is 454 g/mol. The molecule has 1 fully saturated rings. The molecule has 0 saturated heterocycles. The molecule has 0 radical (unpaired) electrons. The van der Waals surface area contributed by atoms with Crippen LogP contribution < -0.4 is 10.6 Å². The smallest absolute Gasteiger partial charge is 0.434 e. The number of carboxylic acid groups (broad SMARTS) is 1. The van der Waals surface area contributed by atoms with Crippen LogP contribution in [0.1, 0.15) is 62.0 Å². The fraction of sp³-hybridized carbons (Fsp3) is 0.550. The maximum absolute atomic E-state index is 12.5. The Morgan fingerprint density at radius 2 is 2.06 bits per heavy atom. The zero-order valence-corrected chi connectivity index (χ0v) is 17.4. The standard InChI is InChI=1S/C20H25F3N6O3/c1-2-13(26-19(31)32)6-11-3-4-12(5-11)15-8-17(29-28-15)27-18(30)7-14-9-25-16(10-24-14)20(21,22)23/h8-13,26H,2-7H2,1H3,(H,31,32)(H2,27,28,29,30). The minimum Gasteiger partial charge on any atom is -0.465 e. The molecule has 12 heteroatoms. The maximum Gasteiger partial charge on any atom is 0.434 e. The first-order valence-corrected chi connectivity index (χ1v) is 10.4. The van der Waals surface area contributed by atoms with Gasteiger partial charge in [0.15, 0.2) is 11.5 Å². The first-order chi connectivity index (χ1) is 15.1. The predicted octanol–water partition coefficient (Wildman–Crippen LogP) is 3.72. The van der Waals surface area contributed by atoms with Crippen LogP contribution in [-0.4, -0.2) is 43.3 Å². The Bertz CT molecular complexity index is 931. The fourth-order valence-corrected chi connectivity index (χ4v) is 4.03.